The van der Waals surface area contributed by atoms with Crippen LogP contribution in [0, 0.1) is 12.8 Å². The highest BCUT2D eigenvalue weighted by atomic mass is 16.2. The summed E-state index contributed by atoms with van der Waals surface area (Å²) in [7, 11) is 3.55. The molecule has 0 aliphatic heterocycles. The summed E-state index contributed by atoms with van der Waals surface area (Å²) in [5.74, 6) is -0.171. The zero-order chi connectivity index (χ0) is 11.4. The van der Waals surface area contributed by atoms with Gasteiger partial charge in [0.25, 0.3) is 0 Å². The third kappa shape index (κ3) is 3.53. The van der Waals surface area contributed by atoms with Crippen molar-refractivity contribution in [1.29, 1.82) is 0 Å². The summed E-state index contributed by atoms with van der Waals surface area (Å²) in [6.45, 7) is 5.04. The molecular weight excluding hydrogens is 192 g/mol. The molecule has 0 aromatic carbocycles. The molecule has 0 heterocycles. The van der Waals surface area contributed by atoms with Gasteiger partial charge >= 0.3 is 0 Å². The molecule has 4 nitrogen and oxygen atoms in total. The van der Waals surface area contributed by atoms with Gasteiger partial charge in [-0.2, -0.15) is 0 Å². The molecule has 1 aliphatic rings. The van der Waals surface area contributed by atoms with Gasteiger partial charge in [-0.15, -0.1) is 0 Å². The van der Waals surface area contributed by atoms with Gasteiger partial charge < -0.3 is 10.2 Å². The van der Waals surface area contributed by atoms with Gasteiger partial charge in [-0.05, 0) is 25.7 Å². The molecular formula is C11H18N2O2. The van der Waals surface area contributed by atoms with Crippen LogP contribution in [-0.4, -0.2) is 36.9 Å². The van der Waals surface area contributed by atoms with Gasteiger partial charge in [0.15, 0.2) is 0 Å². The molecule has 1 rings (SSSR count). The van der Waals surface area contributed by atoms with Crippen LogP contribution in [0.1, 0.15) is 25.7 Å². The van der Waals surface area contributed by atoms with E-state index >= 15 is 0 Å². The molecule has 0 atom stereocenters. The summed E-state index contributed by atoms with van der Waals surface area (Å²) >= 11 is 0. The van der Waals surface area contributed by atoms with E-state index in [0.717, 1.165) is 25.7 Å². The molecule has 84 valence electrons. The largest absolute Gasteiger partial charge is 0.353 e. The van der Waals surface area contributed by atoms with Gasteiger partial charge in [0.2, 0.25) is 11.8 Å². The van der Waals surface area contributed by atoms with Gasteiger partial charge in [0.1, 0.15) is 0 Å². The van der Waals surface area contributed by atoms with Crippen LogP contribution in [0.4, 0.5) is 0 Å². The predicted octanol–water partition coefficient (Wildman–Crippen LogP) is 0.461. The fourth-order valence-corrected chi connectivity index (χ4v) is 2.05. The van der Waals surface area contributed by atoms with Gasteiger partial charge in [-0.25, -0.2) is 0 Å². The van der Waals surface area contributed by atoms with Crippen molar-refractivity contribution in [2.24, 2.45) is 5.92 Å². The van der Waals surface area contributed by atoms with Crippen molar-refractivity contribution in [1.82, 2.24) is 10.2 Å². The lowest BCUT2D eigenvalue weighted by Gasteiger charge is -2.29. The normalized spacial score (nSPS) is 25.8. The maximum absolute atomic E-state index is 11.6. The zero-order valence-corrected chi connectivity index (χ0v) is 9.32. The lowest BCUT2D eigenvalue weighted by molar-refractivity contribution is -0.134. The summed E-state index contributed by atoms with van der Waals surface area (Å²) in [4.78, 5) is 23.9. The molecule has 0 saturated heterocycles. The second-order valence-electron chi connectivity index (χ2n) is 4.29. The lowest BCUT2D eigenvalue weighted by Crippen LogP contribution is -2.39. The Morgan fingerprint density at radius 1 is 1.20 bits per heavy atom. The first kappa shape index (κ1) is 12.0. The topological polar surface area (TPSA) is 49.4 Å². The molecule has 0 aromatic heterocycles. The van der Waals surface area contributed by atoms with Crippen LogP contribution in [-0.2, 0) is 9.59 Å². The monoisotopic (exact) mass is 210 g/mol. The van der Waals surface area contributed by atoms with E-state index in [4.69, 9.17) is 6.92 Å². The van der Waals surface area contributed by atoms with Crippen molar-refractivity contribution in [2.45, 2.75) is 31.7 Å². The zero-order valence-electron chi connectivity index (χ0n) is 9.32. The molecule has 1 N–H and O–H groups in total. The fraction of sp³-hybridized carbons (Fsp3) is 0.727. The standard InChI is InChI=1S/C11H18N2O2/c1-8(14)12-10-6-4-9(5-7-10)11(15)13(2)3/h1,9-10H,4-7H2,2-3H3,(H,12,14). The number of carbonyl (C=O) groups is 2. The van der Waals surface area contributed by atoms with Crippen LogP contribution in [0.15, 0.2) is 0 Å². The van der Waals surface area contributed by atoms with Crippen molar-refractivity contribution in [3.8, 4) is 0 Å². The average Bonchev–Trinajstić information content (AvgIpc) is 2.17. The first-order valence-corrected chi connectivity index (χ1v) is 5.28. The number of carbonyl (C=O) groups excluding carboxylic acids is 2. The summed E-state index contributed by atoms with van der Waals surface area (Å²) in [5, 5.41) is 2.68. The molecule has 1 saturated carbocycles. The SMILES string of the molecule is [CH]C(=O)NC1CCC(C(=O)N(C)C)CC1. The fourth-order valence-electron chi connectivity index (χ4n) is 2.05. The number of rotatable bonds is 2. The number of hydrogen-bond acceptors (Lipinski definition) is 2. The van der Waals surface area contributed by atoms with E-state index in [-0.39, 0.29) is 17.9 Å². The van der Waals surface area contributed by atoms with E-state index in [1.54, 1.807) is 19.0 Å². The predicted molar refractivity (Wildman–Crippen MR) is 56.9 cm³/mol. The Kier molecular flexibility index (Phi) is 4.12. The van der Waals surface area contributed by atoms with E-state index in [2.05, 4.69) is 5.32 Å². The molecule has 2 radical (unpaired) electrons. The number of nitrogens with zero attached hydrogens (tertiary/aromatic N) is 1. The first-order valence-electron chi connectivity index (χ1n) is 5.28. The Balaban J connectivity index is 2.35. The Morgan fingerprint density at radius 3 is 2.13 bits per heavy atom. The third-order valence-corrected chi connectivity index (χ3v) is 2.86. The molecule has 0 spiro atoms. The summed E-state index contributed by atoms with van der Waals surface area (Å²) in [5.41, 5.74) is 0. The number of hydrogen-bond donors (Lipinski definition) is 1. The highest BCUT2D eigenvalue weighted by Gasteiger charge is 2.27. The lowest BCUT2D eigenvalue weighted by atomic mass is 9.85. The molecule has 0 bridgehead atoms. The highest BCUT2D eigenvalue weighted by Crippen LogP contribution is 2.25. The average molecular weight is 210 g/mol. The first-order chi connectivity index (χ1) is 7.00. The minimum Gasteiger partial charge on any atom is -0.353 e. The van der Waals surface area contributed by atoms with Crippen LogP contribution >= 0.6 is 0 Å². The van der Waals surface area contributed by atoms with Crippen molar-refractivity contribution in [2.75, 3.05) is 14.1 Å². The minimum atomic E-state index is -0.475. The maximum Gasteiger partial charge on any atom is 0.225 e. The van der Waals surface area contributed by atoms with Gasteiger partial charge in [-0.3, -0.25) is 9.59 Å². The van der Waals surface area contributed by atoms with Crippen LogP contribution in [0.3, 0.4) is 0 Å². The number of nitrogens with one attached hydrogen (secondary N) is 1. The van der Waals surface area contributed by atoms with Crippen LogP contribution in [0.25, 0.3) is 0 Å². The van der Waals surface area contributed by atoms with E-state index in [1.165, 1.54) is 0 Å². The van der Waals surface area contributed by atoms with Crippen molar-refractivity contribution in [3.63, 3.8) is 0 Å². The van der Waals surface area contributed by atoms with E-state index in [1.807, 2.05) is 0 Å². The van der Waals surface area contributed by atoms with E-state index in [9.17, 15) is 9.59 Å². The van der Waals surface area contributed by atoms with Crippen LogP contribution in [0.5, 0.6) is 0 Å². The molecule has 0 aromatic rings. The highest BCUT2D eigenvalue weighted by molar-refractivity contribution is 5.80. The quantitative estimate of drug-likeness (QED) is 0.720. The van der Waals surface area contributed by atoms with E-state index < -0.39 is 5.91 Å². The summed E-state index contributed by atoms with van der Waals surface area (Å²) < 4.78 is 0. The van der Waals surface area contributed by atoms with E-state index in [0.29, 0.717) is 0 Å². The summed E-state index contributed by atoms with van der Waals surface area (Å²) in [6, 6.07) is 0.147. The van der Waals surface area contributed by atoms with Gasteiger partial charge in [0, 0.05) is 26.1 Å². The molecule has 0 unspecified atom stereocenters. The Morgan fingerprint density at radius 2 is 1.73 bits per heavy atom. The van der Waals surface area contributed by atoms with Crippen molar-refractivity contribution < 1.29 is 9.59 Å². The van der Waals surface area contributed by atoms with Crippen molar-refractivity contribution in [3.05, 3.63) is 6.92 Å². The number of amides is 2. The maximum atomic E-state index is 11.6. The minimum absolute atomic E-state index is 0.117. The molecule has 15 heavy (non-hydrogen) atoms. The molecule has 4 heteroatoms. The smallest absolute Gasteiger partial charge is 0.225 e. The van der Waals surface area contributed by atoms with Gasteiger partial charge in [0.05, 0.1) is 6.92 Å². The van der Waals surface area contributed by atoms with Crippen molar-refractivity contribution >= 4 is 11.8 Å². The third-order valence-electron chi connectivity index (χ3n) is 2.86. The Hall–Kier alpha value is -1.06. The van der Waals surface area contributed by atoms with Crippen LogP contribution < -0.4 is 5.32 Å². The molecule has 2 amide bonds. The summed E-state index contributed by atoms with van der Waals surface area (Å²) in [6.07, 6.45) is 3.35. The van der Waals surface area contributed by atoms with Crippen LogP contribution in [0.2, 0.25) is 0 Å². The molecule has 1 aliphatic carbocycles. The Bertz CT molecular complexity index is 243. The van der Waals surface area contributed by atoms with Gasteiger partial charge in [-0.1, -0.05) is 0 Å². The second-order valence-corrected chi connectivity index (χ2v) is 4.29. The second kappa shape index (κ2) is 5.14. The molecule has 1 fully saturated rings. The Labute approximate surface area is 91.0 Å².